The summed E-state index contributed by atoms with van der Waals surface area (Å²) in [6.45, 7) is 0.996. The molecule has 1 aromatic heterocycles. The van der Waals surface area contributed by atoms with E-state index in [1.165, 1.54) is 4.90 Å². The molecule has 1 atom stereocenters. The number of aromatic nitrogens is 2. The van der Waals surface area contributed by atoms with Crippen LogP contribution < -0.4 is 10.6 Å². The van der Waals surface area contributed by atoms with Crippen molar-refractivity contribution in [3.63, 3.8) is 0 Å². The van der Waals surface area contributed by atoms with Crippen LogP contribution in [0.5, 0.6) is 0 Å². The van der Waals surface area contributed by atoms with Crippen molar-refractivity contribution in [3.8, 4) is 0 Å². The molecule has 0 spiro atoms. The Kier molecular flexibility index (Phi) is 4.71. The molecule has 1 aromatic carbocycles. The number of hydrogen-bond acceptors (Lipinski definition) is 3. The van der Waals surface area contributed by atoms with Crippen LogP contribution in [0, 0.1) is 0 Å². The van der Waals surface area contributed by atoms with E-state index in [0.29, 0.717) is 18.1 Å². The van der Waals surface area contributed by atoms with Gasteiger partial charge in [0.15, 0.2) is 0 Å². The van der Waals surface area contributed by atoms with Gasteiger partial charge in [0.2, 0.25) is 5.91 Å². The summed E-state index contributed by atoms with van der Waals surface area (Å²) in [4.78, 5) is 25.5. The van der Waals surface area contributed by atoms with E-state index in [-0.39, 0.29) is 18.5 Å². The molecule has 24 heavy (non-hydrogen) atoms. The van der Waals surface area contributed by atoms with Gasteiger partial charge in [-0.25, -0.2) is 4.79 Å². The molecule has 2 heterocycles. The zero-order chi connectivity index (χ0) is 17.1. The second-order valence-electron chi connectivity index (χ2n) is 5.62. The number of carbonyl (C=O) groups excluding carboxylic acids is 2. The van der Waals surface area contributed by atoms with Crippen molar-refractivity contribution >= 4 is 23.5 Å². The molecule has 1 saturated heterocycles. The Morgan fingerprint density at radius 3 is 2.71 bits per heavy atom. The number of urea groups is 1. The molecule has 126 valence electrons. The van der Waals surface area contributed by atoms with Crippen LogP contribution in [-0.4, -0.2) is 46.3 Å². The third kappa shape index (κ3) is 3.68. The van der Waals surface area contributed by atoms with Gasteiger partial charge in [-0.15, -0.1) is 0 Å². The van der Waals surface area contributed by atoms with Crippen molar-refractivity contribution in [3.05, 3.63) is 52.8 Å². The number of carbonyl (C=O) groups is 2. The number of piperazine rings is 1. The van der Waals surface area contributed by atoms with E-state index in [2.05, 4.69) is 15.7 Å². The number of amides is 3. The first-order valence-corrected chi connectivity index (χ1v) is 7.98. The first-order chi connectivity index (χ1) is 11.5. The molecule has 2 aromatic rings. The second kappa shape index (κ2) is 6.92. The van der Waals surface area contributed by atoms with E-state index in [1.807, 2.05) is 31.4 Å². The quantitative estimate of drug-likeness (QED) is 0.878. The van der Waals surface area contributed by atoms with Crippen molar-refractivity contribution < 1.29 is 9.59 Å². The average molecular weight is 348 g/mol. The van der Waals surface area contributed by atoms with Crippen LogP contribution in [0.25, 0.3) is 0 Å². The monoisotopic (exact) mass is 347 g/mol. The van der Waals surface area contributed by atoms with E-state index in [1.54, 1.807) is 16.8 Å². The third-order valence-electron chi connectivity index (χ3n) is 3.83. The molecule has 1 fully saturated rings. The molecular weight excluding hydrogens is 330 g/mol. The second-order valence-corrected chi connectivity index (χ2v) is 6.06. The van der Waals surface area contributed by atoms with Gasteiger partial charge in [-0.1, -0.05) is 23.7 Å². The fourth-order valence-corrected chi connectivity index (χ4v) is 2.72. The number of aryl methyl sites for hydroxylation is 1. The van der Waals surface area contributed by atoms with Crippen LogP contribution in [-0.2, 0) is 11.8 Å². The number of nitrogens with zero attached hydrogens (tertiary/aromatic N) is 3. The Balaban J connectivity index is 1.83. The molecule has 3 rings (SSSR count). The maximum Gasteiger partial charge on any atom is 0.318 e. The van der Waals surface area contributed by atoms with Gasteiger partial charge in [-0.2, -0.15) is 5.10 Å². The lowest BCUT2D eigenvalue weighted by molar-refractivity contribution is -0.123. The molecule has 3 amide bonds. The molecule has 0 unspecified atom stereocenters. The number of benzene rings is 1. The minimum atomic E-state index is -0.416. The molecule has 0 bridgehead atoms. The van der Waals surface area contributed by atoms with Gasteiger partial charge in [0.25, 0.3) is 0 Å². The summed E-state index contributed by atoms with van der Waals surface area (Å²) in [5, 5.41) is 10.7. The smallest absolute Gasteiger partial charge is 0.318 e. The fraction of sp³-hybridized carbons (Fsp3) is 0.312. The molecule has 0 radical (unpaired) electrons. The van der Waals surface area contributed by atoms with Crippen LogP contribution in [0.2, 0.25) is 5.02 Å². The summed E-state index contributed by atoms with van der Waals surface area (Å²) in [5.74, 6) is -0.155. The zero-order valence-corrected chi connectivity index (χ0v) is 14.0. The molecule has 8 heteroatoms. The lowest BCUT2D eigenvalue weighted by Crippen LogP contribution is -2.53. The van der Waals surface area contributed by atoms with Crippen molar-refractivity contribution in [2.24, 2.45) is 7.05 Å². The van der Waals surface area contributed by atoms with Crippen molar-refractivity contribution in [2.45, 2.75) is 6.04 Å². The predicted molar refractivity (Wildman–Crippen MR) is 89.6 cm³/mol. The topological polar surface area (TPSA) is 79.3 Å². The highest BCUT2D eigenvalue weighted by Gasteiger charge is 2.25. The maximum absolute atomic E-state index is 12.5. The first-order valence-electron chi connectivity index (χ1n) is 7.60. The Bertz CT molecular complexity index is 743. The highest BCUT2D eigenvalue weighted by atomic mass is 35.5. The normalized spacial score (nSPS) is 15.8. The Morgan fingerprint density at radius 1 is 1.33 bits per heavy atom. The van der Waals surface area contributed by atoms with Gasteiger partial charge in [0.1, 0.15) is 12.6 Å². The molecule has 0 aliphatic carbocycles. The standard InChI is InChI=1S/C16H18ClN5O2/c1-21-8-6-13(20-21)15(11-2-4-12(17)5-3-11)19-16(24)22-9-7-18-14(23)10-22/h2-6,8,15H,7,9-10H2,1H3,(H,18,23)(H,19,24)/t15-/m1/s1. The molecular formula is C16H18ClN5O2. The van der Waals surface area contributed by atoms with Crippen LogP contribution in [0.1, 0.15) is 17.3 Å². The summed E-state index contributed by atoms with van der Waals surface area (Å²) in [5.41, 5.74) is 1.59. The Labute approximate surface area is 144 Å². The lowest BCUT2D eigenvalue weighted by atomic mass is 10.0. The summed E-state index contributed by atoms with van der Waals surface area (Å²) in [7, 11) is 1.82. The highest BCUT2D eigenvalue weighted by Crippen LogP contribution is 2.22. The van der Waals surface area contributed by atoms with E-state index < -0.39 is 6.04 Å². The van der Waals surface area contributed by atoms with E-state index in [9.17, 15) is 9.59 Å². The number of hydrogen-bond donors (Lipinski definition) is 2. The number of nitrogens with one attached hydrogen (secondary N) is 2. The number of rotatable bonds is 3. The van der Waals surface area contributed by atoms with Crippen molar-refractivity contribution in [1.82, 2.24) is 25.3 Å². The summed E-state index contributed by atoms with van der Waals surface area (Å²) in [6, 6.07) is 8.38. The van der Waals surface area contributed by atoms with Gasteiger partial charge in [-0.05, 0) is 23.8 Å². The average Bonchev–Trinajstić information content (AvgIpc) is 2.99. The van der Waals surface area contributed by atoms with Crippen molar-refractivity contribution in [1.29, 1.82) is 0 Å². The molecule has 1 aliphatic rings. The Hall–Kier alpha value is -2.54. The van der Waals surface area contributed by atoms with Crippen LogP contribution in [0.15, 0.2) is 36.5 Å². The van der Waals surface area contributed by atoms with Gasteiger partial charge in [0, 0.05) is 31.4 Å². The van der Waals surface area contributed by atoms with Gasteiger partial charge < -0.3 is 15.5 Å². The van der Waals surface area contributed by atoms with Gasteiger partial charge in [0.05, 0.1) is 5.69 Å². The van der Waals surface area contributed by atoms with Crippen LogP contribution in [0.3, 0.4) is 0 Å². The van der Waals surface area contributed by atoms with Crippen LogP contribution >= 0.6 is 11.6 Å². The fourth-order valence-electron chi connectivity index (χ4n) is 2.60. The molecule has 2 N–H and O–H groups in total. The van der Waals surface area contributed by atoms with E-state index in [4.69, 9.17) is 11.6 Å². The SMILES string of the molecule is Cn1ccc([C@H](NC(=O)N2CCNC(=O)C2)c2ccc(Cl)cc2)n1. The lowest BCUT2D eigenvalue weighted by Gasteiger charge is -2.29. The molecule has 7 nitrogen and oxygen atoms in total. The molecule has 1 aliphatic heterocycles. The maximum atomic E-state index is 12.5. The summed E-state index contributed by atoms with van der Waals surface area (Å²) in [6.07, 6.45) is 1.82. The highest BCUT2D eigenvalue weighted by molar-refractivity contribution is 6.30. The van der Waals surface area contributed by atoms with E-state index >= 15 is 0 Å². The van der Waals surface area contributed by atoms with Gasteiger partial charge >= 0.3 is 6.03 Å². The van der Waals surface area contributed by atoms with Crippen LogP contribution in [0.4, 0.5) is 4.79 Å². The summed E-state index contributed by atoms with van der Waals surface area (Å²) >= 11 is 5.95. The van der Waals surface area contributed by atoms with E-state index in [0.717, 1.165) is 11.3 Å². The number of halogens is 1. The predicted octanol–water partition coefficient (Wildman–Crippen LogP) is 1.30. The molecule has 0 saturated carbocycles. The third-order valence-corrected chi connectivity index (χ3v) is 4.08. The minimum absolute atomic E-state index is 0.0569. The summed E-state index contributed by atoms with van der Waals surface area (Å²) < 4.78 is 1.68. The van der Waals surface area contributed by atoms with Gasteiger partial charge in [-0.3, -0.25) is 9.48 Å². The Morgan fingerprint density at radius 2 is 2.08 bits per heavy atom. The minimum Gasteiger partial charge on any atom is -0.353 e. The van der Waals surface area contributed by atoms with Crippen molar-refractivity contribution in [2.75, 3.05) is 19.6 Å². The largest absolute Gasteiger partial charge is 0.353 e. The first kappa shape index (κ1) is 16.3. The zero-order valence-electron chi connectivity index (χ0n) is 13.2.